The Bertz CT molecular complexity index is 413. The summed E-state index contributed by atoms with van der Waals surface area (Å²) in [5, 5.41) is 12.4. The Labute approximate surface area is 102 Å². The molecule has 0 radical (unpaired) electrons. The van der Waals surface area contributed by atoms with E-state index in [0.717, 1.165) is 55.7 Å². The molecular weight excluding hydrogens is 214 g/mol. The second-order valence-corrected chi connectivity index (χ2v) is 4.38. The highest BCUT2D eigenvalue weighted by molar-refractivity contribution is 6.02. The molecular formula is C14H19NO2. The third-order valence-electron chi connectivity index (χ3n) is 3.16. The van der Waals surface area contributed by atoms with Gasteiger partial charge >= 0.3 is 0 Å². The van der Waals surface area contributed by atoms with Crippen molar-refractivity contribution in [2.45, 2.75) is 39.0 Å². The molecule has 0 amide bonds. The van der Waals surface area contributed by atoms with Crippen molar-refractivity contribution in [1.29, 1.82) is 0 Å². The van der Waals surface area contributed by atoms with Crippen molar-refractivity contribution in [2.75, 3.05) is 6.61 Å². The fraction of sp³-hybridized carbons (Fsp3) is 0.500. The van der Waals surface area contributed by atoms with Crippen molar-refractivity contribution >= 4 is 5.71 Å². The Morgan fingerprint density at radius 1 is 1.35 bits per heavy atom. The van der Waals surface area contributed by atoms with E-state index in [-0.39, 0.29) is 0 Å². The van der Waals surface area contributed by atoms with Crippen LogP contribution in [0.1, 0.15) is 43.7 Å². The van der Waals surface area contributed by atoms with Crippen LogP contribution in [0.15, 0.2) is 23.4 Å². The molecule has 0 bridgehead atoms. The van der Waals surface area contributed by atoms with Crippen LogP contribution in [-0.2, 0) is 6.42 Å². The summed E-state index contributed by atoms with van der Waals surface area (Å²) in [7, 11) is 0. The minimum Gasteiger partial charge on any atom is -0.493 e. The van der Waals surface area contributed by atoms with Crippen LogP contribution >= 0.6 is 0 Å². The first-order valence-corrected chi connectivity index (χ1v) is 6.32. The summed E-state index contributed by atoms with van der Waals surface area (Å²) in [5.74, 6) is 0.955. The zero-order valence-corrected chi connectivity index (χ0v) is 10.3. The quantitative estimate of drug-likeness (QED) is 0.492. The lowest BCUT2D eigenvalue weighted by atomic mass is 9.89. The van der Waals surface area contributed by atoms with Gasteiger partial charge in [-0.05, 0) is 31.7 Å². The van der Waals surface area contributed by atoms with E-state index >= 15 is 0 Å². The van der Waals surface area contributed by atoms with Gasteiger partial charge in [0.1, 0.15) is 5.75 Å². The van der Waals surface area contributed by atoms with Gasteiger partial charge in [-0.3, -0.25) is 0 Å². The van der Waals surface area contributed by atoms with Gasteiger partial charge in [0.15, 0.2) is 0 Å². The van der Waals surface area contributed by atoms with Crippen molar-refractivity contribution in [1.82, 2.24) is 0 Å². The van der Waals surface area contributed by atoms with Crippen LogP contribution in [0.2, 0.25) is 0 Å². The fourth-order valence-electron chi connectivity index (χ4n) is 2.23. The highest BCUT2D eigenvalue weighted by atomic mass is 16.5. The first-order chi connectivity index (χ1) is 8.36. The van der Waals surface area contributed by atoms with Crippen LogP contribution in [0.4, 0.5) is 0 Å². The Balaban J connectivity index is 2.23. The van der Waals surface area contributed by atoms with Gasteiger partial charge in [-0.2, -0.15) is 0 Å². The molecule has 1 N–H and O–H groups in total. The summed E-state index contributed by atoms with van der Waals surface area (Å²) in [6, 6.07) is 5.99. The molecule has 0 heterocycles. The molecule has 0 saturated heterocycles. The second kappa shape index (κ2) is 5.71. The first kappa shape index (κ1) is 12.0. The zero-order chi connectivity index (χ0) is 12.1. The minimum atomic E-state index is 0.762. The maximum atomic E-state index is 8.99. The molecule has 2 rings (SSSR count). The van der Waals surface area contributed by atoms with Crippen molar-refractivity contribution in [3.05, 3.63) is 29.3 Å². The number of hydrogen-bond donors (Lipinski definition) is 1. The molecule has 0 atom stereocenters. The van der Waals surface area contributed by atoms with E-state index in [4.69, 9.17) is 9.94 Å². The molecule has 0 unspecified atom stereocenters. The van der Waals surface area contributed by atoms with Gasteiger partial charge < -0.3 is 9.94 Å². The third kappa shape index (κ3) is 2.60. The number of unbranched alkanes of at least 4 members (excludes halogenated alkanes) is 1. The molecule has 1 aliphatic rings. The lowest BCUT2D eigenvalue weighted by molar-refractivity contribution is 0.305. The van der Waals surface area contributed by atoms with Crippen LogP contribution in [0.5, 0.6) is 5.75 Å². The molecule has 1 aromatic carbocycles. The van der Waals surface area contributed by atoms with Gasteiger partial charge in [-0.25, -0.2) is 0 Å². The van der Waals surface area contributed by atoms with E-state index in [1.807, 2.05) is 18.2 Å². The average molecular weight is 233 g/mol. The van der Waals surface area contributed by atoms with Crippen LogP contribution in [-0.4, -0.2) is 17.5 Å². The van der Waals surface area contributed by atoms with Gasteiger partial charge in [0, 0.05) is 11.1 Å². The summed E-state index contributed by atoms with van der Waals surface area (Å²) in [5.41, 5.74) is 3.03. The van der Waals surface area contributed by atoms with E-state index in [9.17, 15) is 0 Å². The lowest BCUT2D eigenvalue weighted by Gasteiger charge is -2.20. The first-order valence-electron chi connectivity index (χ1n) is 6.32. The molecule has 0 aliphatic heterocycles. The third-order valence-corrected chi connectivity index (χ3v) is 3.16. The number of fused-ring (bicyclic) bond motifs is 1. The number of benzene rings is 1. The standard InChI is InChI=1S/C14H19NO2/c1-2-3-10-17-14-9-5-6-11-12(14)7-4-8-13(11)15-16/h5-6,9,16H,2-4,7-8,10H2,1H3. The smallest absolute Gasteiger partial charge is 0.123 e. The molecule has 1 aromatic rings. The molecule has 0 fully saturated rings. The minimum absolute atomic E-state index is 0.762. The monoisotopic (exact) mass is 233 g/mol. The Hall–Kier alpha value is -1.51. The predicted octanol–water partition coefficient (Wildman–Crippen LogP) is 3.38. The van der Waals surface area contributed by atoms with Crippen molar-refractivity contribution in [3.63, 3.8) is 0 Å². The fourth-order valence-corrected chi connectivity index (χ4v) is 2.23. The van der Waals surface area contributed by atoms with E-state index < -0.39 is 0 Å². The number of ether oxygens (including phenoxy) is 1. The number of hydrogen-bond acceptors (Lipinski definition) is 3. The second-order valence-electron chi connectivity index (χ2n) is 4.38. The molecule has 3 heteroatoms. The molecule has 3 nitrogen and oxygen atoms in total. The van der Waals surface area contributed by atoms with Crippen LogP contribution in [0.3, 0.4) is 0 Å². The highest BCUT2D eigenvalue weighted by Gasteiger charge is 2.19. The van der Waals surface area contributed by atoms with E-state index in [1.54, 1.807) is 0 Å². The molecule has 17 heavy (non-hydrogen) atoms. The van der Waals surface area contributed by atoms with E-state index in [0.29, 0.717) is 0 Å². The molecule has 92 valence electrons. The van der Waals surface area contributed by atoms with Crippen LogP contribution < -0.4 is 4.74 Å². The molecule has 0 saturated carbocycles. The Morgan fingerprint density at radius 3 is 3.00 bits per heavy atom. The largest absolute Gasteiger partial charge is 0.493 e. The maximum Gasteiger partial charge on any atom is 0.123 e. The van der Waals surface area contributed by atoms with Crippen LogP contribution in [0.25, 0.3) is 0 Å². The van der Waals surface area contributed by atoms with Crippen molar-refractivity contribution in [3.8, 4) is 5.75 Å². The summed E-state index contributed by atoms with van der Waals surface area (Å²) < 4.78 is 5.80. The summed E-state index contributed by atoms with van der Waals surface area (Å²) in [4.78, 5) is 0. The van der Waals surface area contributed by atoms with Crippen LogP contribution in [0, 0.1) is 0 Å². The predicted molar refractivity (Wildman–Crippen MR) is 68.1 cm³/mol. The van der Waals surface area contributed by atoms with Gasteiger partial charge in [0.05, 0.1) is 12.3 Å². The normalized spacial score (nSPS) is 16.9. The van der Waals surface area contributed by atoms with Gasteiger partial charge in [-0.15, -0.1) is 0 Å². The highest BCUT2D eigenvalue weighted by Crippen LogP contribution is 2.30. The SMILES string of the molecule is CCCCOc1cccc2c1CCCC2=NO. The Morgan fingerprint density at radius 2 is 2.24 bits per heavy atom. The van der Waals surface area contributed by atoms with Crippen molar-refractivity contribution in [2.24, 2.45) is 5.16 Å². The number of oxime groups is 1. The number of nitrogens with zero attached hydrogens (tertiary/aromatic N) is 1. The van der Waals surface area contributed by atoms with E-state index in [2.05, 4.69) is 12.1 Å². The van der Waals surface area contributed by atoms with E-state index in [1.165, 1.54) is 5.56 Å². The van der Waals surface area contributed by atoms with Gasteiger partial charge in [0.25, 0.3) is 0 Å². The topological polar surface area (TPSA) is 41.8 Å². The number of rotatable bonds is 4. The molecule has 0 aromatic heterocycles. The Kier molecular flexibility index (Phi) is 4.02. The van der Waals surface area contributed by atoms with Crippen molar-refractivity contribution < 1.29 is 9.94 Å². The van der Waals surface area contributed by atoms with Gasteiger partial charge in [-0.1, -0.05) is 30.6 Å². The molecule has 1 aliphatic carbocycles. The average Bonchev–Trinajstić information content (AvgIpc) is 2.38. The summed E-state index contributed by atoms with van der Waals surface area (Å²) >= 11 is 0. The lowest BCUT2D eigenvalue weighted by Crippen LogP contribution is -2.13. The summed E-state index contributed by atoms with van der Waals surface area (Å²) in [6.45, 7) is 2.92. The molecule has 0 spiro atoms. The van der Waals surface area contributed by atoms with Gasteiger partial charge in [0.2, 0.25) is 0 Å². The summed E-state index contributed by atoms with van der Waals surface area (Å²) in [6.07, 6.45) is 5.10. The zero-order valence-electron chi connectivity index (χ0n) is 10.3. The maximum absolute atomic E-state index is 8.99.